The van der Waals surface area contributed by atoms with Gasteiger partial charge in [-0.25, -0.2) is 0 Å². The van der Waals surface area contributed by atoms with Crippen LogP contribution in [-0.4, -0.2) is 34.7 Å². The van der Waals surface area contributed by atoms with Crippen LogP contribution in [0, 0.1) is 0 Å². The van der Waals surface area contributed by atoms with E-state index in [1.54, 1.807) is 6.92 Å². The highest BCUT2D eigenvalue weighted by Crippen LogP contribution is 1.83. The maximum absolute atomic E-state index is 9.83. The van der Waals surface area contributed by atoms with Gasteiger partial charge in [-0.05, 0) is 20.3 Å². The molecule has 0 aliphatic heterocycles. The van der Waals surface area contributed by atoms with Gasteiger partial charge in [0.1, 0.15) is 5.78 Å². The van der Waals surface area contributed by atoms with Gasteiger partial charge in [0.05, 0.1) is 6.10 Å². The number of rotatable bonds is 4. The minimum absolute atomic E-state index is 0.0810. The maximum atomic E-state index is 9.83. The number of hydrogen-bond donors (Lipinski definition) is 2. The van der Waals surface area contributed by atoms with E-state index in [0.717, 1.165) is 0 Å². The first-order chi connectivity index (χ1) is 5.90. The lowest BCUT2D eigenvalue weighted by atomic mass is 10.3. The summed E-state index contributed by atoms with van der Waals surface area (Å²) in [5.41, 5.74) is 0. The van der Waals surface area contributed by atoms with Crippen LogP contribution < -0.4 is 5.11 Å². The molecule has 0 aliphatic carbocycles. The second-order valence-corrected chi connectivity index (χ2v) is 2.61. The summed E-state index contributed by atoms with van der Waals surface area (Å²) < 4.78 is 0. The Bertz CT molecular complexity index is 141. The zero-order valence-corrected chi connectivity index (χ0v) is 7.82. The van der Waals surface area contributed by atoms with E-state index < -0.39 is 12.4 Å². The van der Waals surface area contributed by atoms with Crippen molar-refractivity contribution in [2.24, 2.45) is 0 Å². The molecular weight excluding hydrogens is 176 g/mol. The van der Waals surface area contributed by atoms with E-state index in [1.807, 2.05) is 0 Å². The van der Waals surface area contributed by atoms with Crippen LogP contribution in [0.25, 0.3) is 0 Å². The molecule has 0 saturated carbocycles. The van der Waals surface area contributed by atoms with Crippen LogP contribution in [0.1, 0.15) is 26.7 Å². The summed E-state index contributed by atoms with van der Waals surface area (Å²) in [5.74, 6) is -1.69. The van der Waals surface area contributed by atoms with Gasteiger partial charge in [-0.1, -0.05) is 0 Å². The van der Waals surface area contributed by atoms with Crippen molar-refractivity contribution in [1.82, 2.24) is 0 Å². The molecule has 0 fully saturated rings. The fourth-order valence-corrected chi connectivity index (χ4v) is 0.390. The van der Waals surface area contributed by atoms with E-state index >= 15 is 0 Å². The molecule has 5 heteroatoms. The highest BCUT2D eigenvalue weighted by Gasteiger charge is 1.89. The number of ketones is 1. The highest BCUT2D eigenvalue weighted by atomic mass is 16.4. The minimum Gasteiger partial charge on any atom is -0.550 e. The van der Waals surface area contributed by atoms with Gasteiger partial charge in [0.25, 0.3) is 0 Å². The average Bonchev–Trinajstić information content (AvgIpc) is 1.83. The first-order valence-corrected chi connectivity index (χ1v) is 3.88. The molecule has 13 heavy (non-hydrogen) atoms. The Morgan fingerprint density at radius 3 is 1.92 bits per heavy atom. The maximum Gasteiger partial charge on any atom is 0.135 e. The summed E-state index contributed by atoms with van der Waals surface area (Å²) in [6.45, 7) is 2.93. The van der Waals surface area contributed by atoms with Crippen molar-refractivity contribution >= 4 is 11.8 Å². The SMILES string of the molecule is CC(=O)CC(=O)[O-].CC(O)CCO. The van der Waals surface area contributed by atoms with Gasteiger partial charge in [0.15, 0.2) is 0 Å². The molecule has 0 aliphatic rings. The van der Waals surface area contributed by atoms with Crippen molar-refractivity contribution in [3.05, 3.63) is 0 Å². The van der Waals surface area contributed by atoms with E-state index in [0.29, 0.717) is 6.42 Å². The number of aliphatic carboxylic acids is 1. The van der Waals surface area contributed by atoms with Crippen molar-refractivity contribution in [3.63, 3.8) is 0 Å². The second kappa shape index (κ2) is 9.15. The molecule has 1 unspecified atom stereocenters. The zero-order chi connectivity index (χ0) is 10.9. The molecule has 0 saturated heterocycles. The first kappa shape index (κ1) is 14.6. The molecular formula is C8H15O5-. The molecule has 0 heterocycles. The van der Waals surface area contributed by atoms with Crippen molar-refractivity contribution < 1.29 is 24.9 Å². The second-order valence-electron chi connectivity index (χ2n) is 2.61. The quantitative estimate of drug-likeness (QED) is 0.525. The Morgan fingerprint density at radius 1 is 1.46 bits per heavy atom. The third kappa shape index (κ3) is 24.7. The smallest absolute Gasteiger partial charge is 0.135 e. The van der Waals surface area contributed by atoms with Crippen molar-refractivity contribution in [3.8, 4) is 0 Å². The fourth-order valence-electron chi connectivity index (χ4n) is 0.390. The Kier molecular flexibility index (Phi) is 10.3. The predicted molar refractivity (Wildman–Crippen MR) is 43.7 cm³/mol. The summed E-state index contributed by atoms with van der Waals surface area (Å²) in [4.78, 5) is 19.3. The summed E-state index contributed by atoms with van der Waals surface area (Å²) in [6, 6.07) is 0. The van der Waals surface area contributed by atoms with Crippen LogP contribution in [0.15, 0.2) is 0 Å². The van der Waals surface area contributed by atoms with Crippen LogP contribution in [0.3, 0.4) is 0 Å². The van der Waals surface area contributed by atoms with Crippen LogP contribution >= 0.6 is 0 Å². The molecule has 0 aromatic carbocycles. The topological polar surface area (TPSA) is 97.7 Å². The van der Waals surface area contributed by atoms with Gasteiger partial charge in [-0.2, -0.15) is 0 Å². The molecule has 1 atom stereocenters. The lowest BCUT2D eigenvalue weighted by Crippen LogP contribution is -2.24. The number of Topliss-reactive ketones (excluding diaryl/α,β-unsaturated/α-hetero) is 1. The standard InChI is InChI=1S/C4H6O3.C4H10O2/c1-3(5)2-4(6)7;1-4(6)2-3-5/h2H2,1H3,(H,6,7);4-6H,2-3H2,1H3/p-1. The number of carbonyl (C=O) groups is 2. The highest BCUT2D eigenvalue weighted by molar-refractivity contribution is 5.92. The molecule has 78 valence electrons. The first-order valence-electron chi connectivity index (χ1n) is 3.88. The molecule has 0 rings (SSSR count). The van der Waals surface area contributed by atoms with E-state index in [2.05, 4.69) is 0 Å². The van der Waals surface area contributed by atoms with Crippen LogP contribution in [0.4, 0.5) is 0 Å². The summed E-state index contributed by atoms with van der Waals surface area (Å²) in [6.07, 6.45) is -0.338. The van der Waals surface area contributed by atoms with Gasteiger partial charge < -0.3 is 20.1 Å². The third-order valence-corrected chi connectivity index (χ3v) is 0.940. The molecule has 0 radical (unpaired) electrons. The Balaban J connectivity index is 0. The third-order valence-electron chi connectivity index (χ3n) is 0.940. The lowest BCUT2D eigenvalue weighted by molar-refractivity contribution is -0.304. The Morgan fingerprint density at radius 2 is 1.92 bits per heavy atom. The van der Waals surface area contributed by atoms with Crippen molar-refractivity contribution in [1.29, 1.82) is 0 Å². The molecule has 5 nitrogen and oxygen atoms in total. The van der Waals surface area contributed by atoms with E-state index in [4.69, 9.17) is 10.2 Å². The molecule has 0 amide bonds. The monoisotopic (exact) mass is 191 g/mol. The Labute approximate surface area is 77.0 Å². The lowest BCUT2D eigenvalue weighted by Gasteiger charge is -1.95. The largest absolute Gasteiger partial charge is 0.550 e. The van der Waals surface area contributed by atoms with E-state index in [-0.39, 0.29) is 18.5 Å². The number of hydrogen-bond acceptors (Lipinski definition) is 5. The summed E-state index contributed by atoms with van der Waals surface area (Å²) in [7, 11) is 0. The normalized spacial score (nSPS) is 11.1. The van der Waals surface area contributed by atoms with Gasteiger partial charge >= 0.3 is 0 Å². The van der Waals surface area contributed by atoms with E-state index in [9.17, 15) is 14.7 Å². The number of carboxylic acid groups (broad SMARTS) is 1. The van der Waals surface area contributed by atoms with E-state index in [1.165, 1.54) is 6.92 Å². The van der Waals surface area contributed by atoms with Gasteiger partial charge in [0, 0.05) is 19.0 Å². The van der Waals surface area contributed by atoms with Crippen molar-refractivity contribution in [2.75, 3.05) is 6.61 Å². The fraction of sp³-hybridized carbons (Fsp3) is 0.750. The number of aliphatic hydroxyl groups is 2. The molecule has 0 aromatic heterocycles. The summed E-state index contributed by atoms with van der Waals surface area (Å²) >= 11 is 0. The summed E-state index contributed by atoms with van der Waals surface area (Å²) in [5, 5.41) is 25.9. The molecule has 2 N–H and O–H groups in total. The van der Waals surface area contributed by atoms with Crippen LogP contribution in [-0.2, 0) is 9.59 Å². The minimum atomic E-state index is -1.31. The average molecular weight is 191 g/mol. The predicted octanol–water partition coefficient (Wildman–Crippen LogP) is -1.53. The van der Waals surface area contributed by atoms with Crippen LogP contribution in [0.2, 0.25) is 0 Å². The Hall–Kier alpha value is -0.940. The van der Waals surface area contributed by atoms with Gasteiger partial charge in [-0.15, -0.1) is 0 Å². The molecule has 0 aromatic rings. The zero-order valence-electron chi connectivity index (χ0n) is 7.82. The number of carboxylic acids is 1. The van der Waals surface area contributed by atoms with Gasteiger partial charge in [-0.3, -0.25) is 4.79 Å². The molecule has 0 bridgehead atoms. The molecule has 0 spiro atoms. The van der Waals surface area contributed by atoms with Crippen molar-refractivity contribution in [2.45, 2.75) is 32.8 Å². The number of carbonyl (C=O) groups excluding carboxylic acids is 2. The van der Waals surface area contributed by atoms with Gasteiger partial charge in [0.2, 0.25) is 0 Å². The number of aliphatic hydroxyl groups excluding tert-OH is 2. The van der Waals surface area contributed by atoms with Crippen LogP contribution in [0.5, 0.6) is 0 Å².